The van der Waals surface area contributed by atoms with Gasteiger partial charge in [-0.1, -0.05) is 41.1 Å². The Balaban J connectivity index is 2.12. The highest BCUT2D eigenvalue weighted by Crippen LogP contribution is 2.30. The second-order valence-corrected chi connectivity index (χ2v) is 4.60. The van der Waals surface area contributed by atoms with Gasteiger partial charge in [-0.15, -0.1) is 0 Å². The maximum absolute atomic E-state index is 5.75. The number of ether oxygens (including phenoxy) is 2. The Morgan fingerprint density at radius 2 is 1.89 bits per heavy atom. The molecule has 0 saturated heterocycles. The molecule has 1 aromatic carbocycles. The molecule has 0 atom stereocenters. The van der Waals surface area contributed by atoms with Gasteiger partial charge in [-0.3, -0.25) is 0 Å². The zero-order valence-electron chi connectivity index (χ0n) is 10.8. The number of pyridine rings is 1. The molecule has 2 aromatic rings. The van der Waals surface area contributed by atoms with E-state index in [0.29, 0.717) is 18.2 Å². The first kappa shape index (κ1) is 13.9. The number of hydrogen-bond donors (Lipinski definition) is 0. The number of hydrogen-bond acceptors (Lipinski definition) is 3. The summed E-state index contributed by atoms with van der Waals surface area (Å²) in [6.07, 6.45) is 2.76. The van der Waals surface area contributed by atoms with Crippen LogP contribution in [0.25, 0.3) is 0 Å². The first-order valence-corrected chi connectivity index (χ1v) is 7.36. The number of aromatic nitrogens is 1. The van der Waals surface area contributed by atoms with E-state index < -0.39 is 0 Å². The Kier molecular flexibility index (Phi) is 5.21. The molecule has 1 heterocycles. The van der Waals surface area contributed by atoms with Crippen LogP contribution in [-0.2, 0) is 5.33 Å². The van der Waals surface area contributed by atoms with Gasteiger partial charge in [-0.2, -0.15) is 0 Å². The van der Waals surface area contributed by atoms with Gasteiger partial charge in [0.25, 0.3) is 0 Å². The average molecular weight is 322 g/mol. The van der Waals surface area contributed by atoms with Crippen LogP contribution < -0.4 is 9.47 Å². The Morgan fingerprint density at radius 3 is 2.53 bits per heavy atom. The van der Waals surface area contributed by atoms with Crippen molar-refractivity contribution in [2.75, 3.05) is 6.61 Å². The summed E-state index contributed by atoms with van der Waals surface area (Å²) in [4.78, 5) is 4.26. The highest BCUT2D eigenvalue weighted by molar-refractivity contribution is 9.08. The van der Waals surface area contributed by atoms with E-state index in [4.69, 9.17) is 9.47 Å². The van der Waals surface area contributed by atoms with E-state index in [1.807, 2.05) is 36.4 Å². The van der Waals surface area contributed by atoms with E-state index in [1.54, 1.807) is 6.20 Å². The second kappa shape index (κ2) is 7.14. The van der Waals surface area contributed by atoms with Crippen LogP contribution in [0.15, 0.2) is 42.6 Å². The number of nitrogens with zero attached hydrogens (tertiary/aromatic N) is 1. The Morgan fingerprint density at radius 1 is 1.11 bits per heavy atom. The van der Waals surface area contributed by atoms with Crippen LogP contribution in [0.2, 0.25) is 0 Å². The fourth-order valence-electron chi connectivity index (χ4n) is 1.53. The molecule has 0 fully saturated rings. The molecule has 100 valence electrons. The fraction of sp³-hybridized carbons (Fsp3) is 0.267. The van der Waals surface area contributed by atoms with E-state index in [9.17, 15) is 0 Å². The Labute approximate surface area is 121 Å². The predicted octanol–water partition coefficient (Wildman–Crippen LogP) is 4.56. The molecule has 1 aromatic heterocycles. The second-order valence-electron chi connectivity index (χ2n) is 4.04. The molecule has 3 nitrogen and oxygen atoms in total. The fourth-order valence-corrected chi connectivity index (χ4v) is 1.86. The van der Waals surface area contributed by atoms with Crippen LogP contribution in [0.3, 0.4) is 0 Å². The Hall–Kier alpha value is -1.55. The van der Waals surface area contributed by atoms with Gasteiger partial charge in [0.15, 0.2) is 11.5 Å². The number of rotatable bonds is 6. The van der Waals surface area contributed by atoms with Gasteiger partial charge in [-0.05, 0) is 24.1 Å². The monoisotopic (exact) mass is 321 g/mol. The molecule has 19 heavy (non-hydrogen) atoms. The molecule has 0 amide bonds. The minimum absolute atomic E-state index is 0.567. The zero-order valence-corrected chi connectivity index (χ0v) is 12.4. The van der Waals surface area contributed by atoms with Crippen molar-refractivity contribution in [3.63, 3.8) is 0 Å². The lowest BCUT2D eigenvalue weighted by atomic mass is 10.3. The summed E-state index contributed by atoms with van der Waals surface area (Å²) in [6.45, 7) is 2.75. The smallest absolute Gasteiger partial charge is 0.219 e. The molecule has 0 aliphatic heterocycles. The van der Waals surface area contributed by atoms with Gasteiger partial charge in [0.05, 0.1) is 6.61 Å². The summed E-state index contributed by atoms with van der Waals surface area (Å²) < 4.78 is 11.4. The van der Waals surface area contributed by atoms with Gasteiger partial charge in [-0.25, -0.2) is 4.98 Å². The van der Waals surface area contributed by atoms with Gasteiger partial charge >= 0.3 is 0 Å². The van der Waals surface area contributed by atoms with Crippen molar-refractivity contribution in [2.45, 2.75) is 18.7 Å². The standard InChI is InChI=1S/C15H16BrNO2/c1-2-9-18-13-5-3-4-6-14(13)19-15-8-7-12(10-16)11-17-15/h3-8,11H,2,9-10H2,1H3. The van der Waals surface area contributed by atoms with Gasteiger partial charge in [0, 0.05) is 17.6 Å². The highest BCUT2D eigenvalue weighted by atomic mass is 79.9. The van der Waals surface area contributed by atoms with E-state index in [1.165, 1.54) is 0 Å². The summed E-state index contributed by atoms with van der Waals surface area (Å²) in [5.74, 6) is 2.00. The van der Waals surface area contributed by atoms with E-state index in [2.05, 4.69) is 27.8 Å². The van der Waals surface area contributed by atoms with Crippen molar-refractivity contribution in [1.29, 1.82) is 0 Å². The molecule has 0 unspecified atom stereocenters. The number of benzene rings is 1. The molecule has 2 rings (SSSR count). The lowest BCUT2D eigenvalue weighted by Gasteiger charge is -2.11. The van der Waals surface area contributed by atoms with Gasteiger partial charge in [0.2, 0.25) is 5.88 Å². The third-order valence-corrected chi connectivity index (χ3v) is 3.12. The minimum atomic E-state index is 0.567. The molecular formula is C15H16BrNO2. The third-order valence-electron chi connectivity index (χ3n) is 2.48. The topological polar surface area (TPSA) is 31.4 Å². The number of para-hydroxylation sites is 2. The first-order valence-electron chi connectivity index (χ1n) is 6.24. The lowest BCUT2D eigenvalue weighted by molar-refractivity contribution is 0.301. The van der Waals surface area contributed by atoms with E-state index in [-0.39, 0.29) is 0 Å². The maximum Gasteiger partial charge on any atom is 0.219 e. The minimum Gasteiger partial charge on any atom is -0.490 e. The van der Waals surface area contributed by atoms with Crippen molar-refractivity contribution < 1.29 is 9.47 Å². The van der Waals surface area contributed by atoms with E-state index in [0.717, 1.165) is 23.1 Å². The Bertz CT molecular complexity index is 514. The molecule has 0 aliphatic rings. The average Bonchev–Trinajstić information content (AvgIpc) is 2.47. The van der Waals surface area contributed by atoms with Crippen LogP contribution >= 0.6 is 15.9 Å². The van der Waals surface area contributed by atoms with Crippen molar-refractivity contribution in [2.24, 2.45) is 0 Å². The van der Waals surface area contributed by atoms with Crippen molar-refractivity contribution in [1.82, 2.24) is 4.98 Å². The van der Waals surface area contributed by atoms with Crippen LogP contribution in [0, 0.1) is 0 Å². The van der Waals surface area contributed by atoms with Crippen molar-refractivity contribution in [3.8, 4) is 17.4 Å². The molecule has 0 bridgehead atoms. The quantitative estimate of drug-likeness (QED) is 0.731. The molecule has 0 N–H and O–H groups in total. The SMILES string of the molecule is CCCOc1ccccc1Oc1ccc(CBr)cn1. The summed E-state index contributed by atoms with van der Waals surface area (Å²) in [7, 11) is 0. The lowest BCUT2D eigenvalue weighted by Crippen LogP contribution is -1.97. The molecule has 0 spiro atoms. The molecule has 0 saturated carbocycles. The van der Waals surface area contributed by atoms with Crippen LogP contribution in [0.4, 0.5) is 0 Å². The normalized spacial score (nSPS) is 10.2. The van der Waals surface area contributed by atoms with Crippen LogP contribution in [-0.4, -0.2) is 11.6 Å². The molecule has 0 aliphatic carbocycles. The summed E-state index contributed by atoms with van der Waals surface area (Å²) >= 11 is 3.39. The number of halogens is 1. The molecular weight excluding hydrogens is 306 g/mol. The number of alkyl halides is 1. The van der Waals surface area contributed by atoms with Crippen molar-refractivity contribution >= 4 is 15.9 Å². The summed E-state index contributed by atoms with van der Waals surface area (Å²) in [5.41, 5.74) is 1.11. The first-order chi connectivity index (χ1) is 9.33. The molecule has 4 heteroatoms. The highest BCUT2D eigenvalue weighted by Gasteiger charge is 2.06. The molecule has 0 radical (unpaired) electrons. The van der Waals surface area contributed by atoms with E-state index >= 15 is 0 Å². The van der Waals surface area contributed by atoms with Gasteiger partial charge in [0.1, 0.15) is 0 Å². The zero-order chi connectivity index (χ0) is 13.5. The summed E-state index contributed by atoms with van der Waals surface area (Å²) in [5, 5.41) is 0.788. The van der Waals surface area contributed by atoms with Crippen LogP contribution in [0.1, 0.15) is 18.9 Å². The maximum atomic E-state index is 5.75. The van der Waals surface area contributed by atoms with Gasteiger partial charge < -0.3 is 9.47 Å². The van der Waals surface area contributed by atoms with Crippen molar-refractivity contribution in [3.05, 3.63) is 48.2 Å². The third kappa shape index (κ3) is 3.96. The summed E-state index contributed by atoms with van der Waals surface area (Å²) in [6, 6.07) is 11.5. The van der Waals surface area contributed by atoms with Crippen LogP contribution in [0.5, 0.6) is 17.4 Å². The predicted molar refractivity (Wildman–Crippen MR) is 79.2 cm³/mol. The largest absolute Gasteiger partial charge is 0.490 e.